The van der Waals surface area contributed by atoms with Crippen molar-refractivity contribution >= 4 is 16.0 Å². The number of piperidine rings is 1. The minimum Gasteiger partial charge on any atom is -0.350 e. The lowest BCUT2D eigenvalue weighted by Gasteiger charge is -2.53. The monoisotopic (exact) mass is 392 g/mol. The van der Waals surface area contributed by atoms with Gasteiger partial charge in [-0.05, 0) is 60.3 Å². The van der Waals surface area contributed by atoms with Gasteiger partial charge in [0.1, 0.15) is 0 Å². The topological polar surface area (TPSA) is 95.9 Å². The lowest BCUT2D eigenvalue weighted by atomic mass is 9.76. The highest BCUT2D eigenvalue weighted by Crippen LogP contribution is 2.41. The molecule has 0 radical (unpaired) electrons. The number of hydrogen-bond acceptors (Lipinski definition) is 5. The van der Waals surface area contributed by atoms with E-state index in [-0.39, 0.29) is 23.6 Å². The Hall–Kier alpha value is -0.700. The molecule has 0 aromatic rings. The summed E-state index contributed by atoms with van der Waals surface area (Å²) < 4.78 is 31.2. The zero-order valence-corrected chi connectivity index (χ0v) is 18.2. The summed E-state index contributed by atoms with van der Waals surface area (Å²) in [6, 6.07) is 0. The fraction of sp³-hybridized carbons (Fsp3) is 0.944. The standard InChI is InChI=1S/C18H36N2O5S/c1-13-9-17(5,6)20(18(7,8)10-13)25-11-14(2)15(21)19-16(3,4)12-26(22,23)24/h13-14H,9-12H2,1-8H3,(H,19,21)(H,22,23,24). The number of hydroxylamine groups is 2. The van der Waals surface area contributed by atoms with E-state index >= 15 is 0 Å². The van der Waals surface area contributed by atoms with Gasteiger partial charge in [0.2, 0.25) is 5.91 Å². The molecule has 1 rings (SSSR count). The van der Waals surface area contributed by atoms with Gasteiger partial charge in [0.15, 0.2) is 0 Å². The van der Waals surface area contributed by atoms with Gasteiger partial charge in [0.25, 0.3) is 10.1 Å². The predicted molar refractivity (Wildman–Crippen MR) is 102 cm³/mol. The molecule has 0 spiro atoms. The van der Waals surface area contributed by atoms with Gasteiger partial charge in [-0.15, -0.1) is 0 Å². The predicted octanol–water partition coefficient (Wildman–Crippen LogP) is 2.63. The van der Waals surface area contributed by atoms with Crippen molar-refractivity contribution in [1.29, 1.82) is 0 Å². The van der Waals surface area contributed by atoms with E-state index in [0.29, 0.717) is 5.92 Å². The number of hydrogen-bond donors (Lipinski definition) is 2. The number of nitrogens with zero attached hydrogens (tertiary/aromatic N) is 1. The van der Waals surface area contributed by atoms with Crippen molar-refractivity contribution in [3.8, 4) is 0 Å². The van der Waals surface area contributed by atoms with Crippen LogP contribution >= 0.6 is 0 Å². The molecule has 0 aromatic carbocycles. The van der Waals surface area contributed by atoms with Crippen molar-refractivity contribution in [2.75, 3.05) is 12.4 Å². The second-order valence-corrected chi connectivity index (χ2v) is 11.2. The zero-order chi connectivity index (χ0) is 20.6. The van der Waals surface area contributed by atoms with Gasteiger partial charge in [-0.25, -0.2) is 0 Å². The summed E-state index contributed by atoms with van der Waals surface area (Å²) in [6.45, 7) is 15.9. The normalized spacial score (nSPS) is 22.8. The number of carbonyl (C=O) groups is 1. The van der Waals surface area contributed by atoms with Crippen molar-refractivity contribution in [2.24, 2.45) is 11.8 Å². The highest BCUT2D eigenvalue weighted by atomic mass is 32.2. The fourth-order valence-electron chi connectivity index (χ4n) is 4.32. The van der Waals surface area contributed by atoms with Crippen LogP contribution in [-0.4, -0.2) is 52.9 Å². The molecule has 154 valence electrons. The van der Waals surface area contributed by atoms with Gasteiger partial charge < -0.3 is 5.32 Å². The second kappa shape index (κ2) is 7.73. The van der Waals surface area contributed by atoms with E-state index in [2.05, 4.69) is 39.9 Å². The summed E-state index contributed by atoms with van der Waals surface area (Å²) in [5.74, 6) is -0.702. The first kappa shape index (κ1) is 23.3. The molecule has 2 N–H and O–H groups in total. The lowest BCUT2D eigenvalue weighted by Crippen LogP contribution is -2.60. The molecule has 7 nitrogen and oxygen atoms in total. The van der Waals surface area contributed by atoms with E-state index in [4.69, 9.17) is 9.39 Å². The molecule has 1 fully saturated rings. The maximum atomic E-state index is 12.4. The van der Waals surface area contributed by atoms with E-state index in [1.54, 1.807) is 20.8 Å². The molecule has 8 heteroatoms. The number of carbonyl (C=O) groups excluding carboxylic acids is 1. The summed E-state index contributed by atoms with van der Waals surface area (Å²) in [5.41, 5.74) is -1.33. The molecular weight excluding hydrogens is 356 g/mol. The molecular formula is C18H36N2O5S. The first-order valence-corrected chi connectivity index (χ1v) is 10.8. The molecule has 1 saturated heterocycles. The maximum absolute atomic E-state index is 12.4. The van der Waals surface area contributed by atoms with Crippen LogP contribution in [0.3, 0.4) is 0 Å². The Balaban J connectivity index is 2.70. The van der Waals surface area contributed by atoms with Crippen LogP contribution in [0.25, 0.3) is 0 Å². The largest absolute Gasteiger partial charge is 0.350 e. The third-order valence-corrected chi connectivity index (χ3v) is 5.79. The molecule has 26 heavy (non-hydrogen) atoms. The maximum Gasteiger partial charge on any atom is 0.267 e. The molecule has 0 bridgehead atoms. The van der Waals surface area contributed by atoms with E-state index in [1.807, 2.05) is 5.06 Å². The molecule has 1 aliphatic rings. The van der Waals surface area contributed by atoms with Crippen LogP contribution < -0.4 is 5.32 Å². The quantitative estimate of drug-likeness (QED) is 0.647. The van der Waals surface area contributed by atoms with Crippen LogP contribution in [0.1, 0.15) is 68.2 Å². The highest BCUT2D eigenvalue weighted by Gasteiger charge is 2.45. The van der Waals surface area contributed by atoms with Gasteiger partial charge in [0.05, 0.1) is 23.8 Å². The number of amides is 1. The first-order chi connectivity index (χ1) is 11.5. The highest BCUT2D eigenvalue weighted by molar-refractivity contribution is 7.85. The summed E-state index contributed by atoms with van der Waals surface area (Å²) in [7, 11) is -4.17. The van der Waals surface area contributed by atoms with Crippen molar-refractivity contribution < 1.29 is 22.6 Å². The molecule has 0 aromatic heterocycles. The minimum atomic E-state index is -4.17. The number of nitrogens with one attached hydrogen (secondary N) is 1. The second-order valence-electron chi connectivity index (χ2n) is 9.73. The van der Waals surface area contributed by atoms with Crippen molar-refractivity contribution in [1.82, 2.24) is 10.4 Å². The molecule has 1 unspecified atom stereocenters. The third kappa shape index (κ3) is 6.79. The van der Waals surface area contributed by atoms with E-state index in [1.165, 1.54) is 0 Å². The Morgan fingerprint density at radius 3 is 2.15 bits per heavy atom. The average molecular weight is 393 g/mol. The first-order valence-electron chi connectivity index (χ1n) is 9.16. The van der Waals surface area contributed by atoms with Crippen LogP contribution in [0.5, 0.6) is 0 Å². The minimum absolute atomic E-state index is 0.137. The summed E-state index contributed by atoms with van der Waals surface area (Å²) in [5, 5.41) is 4.68. The molecule has 1 amide bonds. The Morgan fingerprint density at radius 1 is 1.27 bits per heavy atom. The van der Waals surface area contributed by atoms with E-state index < -0.39 is 27.3 Å². The SMILES string of the molecule is CC1CC(C)(C)N(OCC(C)C(=O)NC(C)(C)CS(=O)(=O)O)C(C)(C)C1. The molecule has 0 saturated carbocycles. The molecule has 0 aliphatic carbocycles. The molecule has 1 atom stereocenters. The van der Waals surface area contributed by atoms with E-state index in [9.17, 15) is 13.2 Å². The van der Waals surface area contributed by atoms with Gasteiger partial charge in [-0.1, -0.05) is 13.8 Å². The van der Waals surface area contributed by atoms with Crippen LogP contribution in [0.15, 0.2) is 0 Å². The van der Waals surface area contributed by atoms with Crippen LogP contribution in [-0.2, 0) is 19.8 Å². The van der Waals surface area contributed by atoms with Gasteiger partial charge in [0, 0.05) is 11.1 Å². The summed E-state index contributed by atoms with van der Waals surface area (Å²) in [4.78, 5) is 18.5. The summed E-state index contributed by atoms with van der Waals surface area (Å²) >= 11 is 0. The van der Waals surface area contributed by atoms with Crippen molar-refractivity contribution in [3.05, 3.63) is 0 Å². The van der Waals surface area contributed by atoms with E-state index in [0.717, 1.165) is 12.8 Å². The molecule has 1 heterocycles. The Kier molecular flexibility index (Phi) is 6.94. The van der Waals surface area contributed by atoms with Crippen LogP contribution in [0.4, 0.5) is 0 Å². The Bertz CT molecular complexity index is 595. The van der Waals surface area contributed by atoms with Gasteiger partial charge in [-0.2, -0.15) is 13.5 Å². The smallest absolute Gasteiger partial charge is 0.267 e. The Labute approximate surface area is 158 Å². The third-order valence-electron chi connectivity index (χ3n) is 4.70. The van der Waals surface area contributed by atoms with Crippen molar-refractivity contribution in [2.45, 2.75) is 84.8 Å². The van der Waals surface area contributed by atoms with Crippen LogP contribution in [0, 0.1) is 11.8 Å². The Morgan fingerprint density at radius 2 is 1.73 bits per heavy atom. The lowest BCUT2D eigenvalue weighted by molar-refractivity contribution is -0.290. The average Bonchev–Trinajstić information content (AvgIpc) is 2.30. The number of rotatable bonds is 7. The van der Waals surface area contributed by atoms with Gasteiger partial charge >= 0.3 is 0 Å². The zero-order valence-electron chi connectivity index (χ0n) is 17.4. The van der Waals surface area contributed by atoms with Crippen LogP contribution in [0.2, 0.25) is 0 Å². The fourth-order valence-corrected chi connectivity index (χ4v) is 5.31. The summed E-state index contributed by atoms with van der Waals surface area (Å²) in [6.07, 6.45) is 2.02. The molecule has 1 aliphatic heterocycles. The van der Waals surface area contributed by atoms with Gasteiger partial charge in [-0.3, -0.25) is 14.2 Å². The van der Waals surface area contributed by atoms with Crippen molar-refractivity contribution in [3.63, 3.8) is 0 Å².